The molecule has 0 aliphatic rings. The molecule has 2 amide bonds. The number of ether oxygens (including phenoxy) is 2. The van der Waals surface area contributed by atoms with Gasteiger partial charge in [0.05, 0.1) is 16.9 Å². The van der Waals surface area contributed by atoms with E-state index < -0.39 is 6.03 Å². The number of aryl methyl sites for hydroxylation is 1. The fraction of sp³-hybridized carbons (Fsp3) is 0.130. The van der Waals surface area contributed by atoms with Crippen LogP contribution in [0.15, 0.2) is 64.2 Å². The average molecular weight is 720 g/mol. The second-order valence-electron chi connectivity index (χ2n) is 6.74. The van der Waals surface area contributed by atoms with Gasteiger partial charge in [0, 0.05) is 13.7 Å². The zero-order chi connectivity index (χ0) is 23.1. The number of hydrazone groups is 1. The number of methoxy groups -OCH3 is 1. The second-order valence-corrected chi connectivity index (χ2v) is 10.00. The largest absolute Gasteiger partial charge is 0.493 e. The molecule has 166 valence electrons. The van der Waals surface area contributed by atoms with Gasteiger partial charge in [-0.15, -0.1) is 0 Å². The number of nitrogens with one attached hydrogen (secondary N) is 2. The van der Waals surface area contributed by atoms with E-state index >= 15 is 0 Å². The Balaban J connectivity index is 1.62. The van der Waals surface area contributed by atoms with Crippen molar-refractivity contribution in [3.05, 3.63) is 82.9 Å². The molecule has 0 spiro atoms. The third-order valence-electron chi connectivity index (χ3n) is 4.34. The van der Waals surface area contributed by atoms with Crippen LogP contribution in [0.25, 0.3) is 0 Å². The highest BCUT2D eigenvalue weighted by Gasteiger charge is 2.12. The van der Waals surface area contributed by atoms with Gasteiger partial charge in [0.15, 0.2) is 11.5 Å². The van der Waals surface area contributed by atoms with Crippen LogP contribution in [-0.4, -0.2) is 19.4 Å². The number of benzene rings is 3. The van der Waals surface area contributed by atoms with E-state index in [0.717, 1.165) is 24.7 Å². The van der Waals surface area contributed by atoms with E-state index in [0.29, 0.717) is 23.8 Å². The van der Waals surface area contributed by atoms with Gasteiger partial charge in [0.1, 0.15) is 6.61 Å². The Morgan fingerprint density at radius 2 is 1.88 bits per heavy atom. The van der Waals surface area contributed by atoms with Gasteiger partial charge in [-0.1, -0.05) is 28.1 Å². The number of halogens is 3. The molecule has 3 aromatic carbocycles. The van der Waals surface area contributed by atoms with Crippen LogP contribution < -0.4 is 20.2 Å². The molecular weight excluding hydrogens is 700 g/mol. The van der Waals surface area contributed by atoms with Gasteiger partial charge in [-0.25, -0.2) is 10.2 Å². The van der Waals surface area contributed by atoms with E-state index in [-0.39, 0.29) is 0 Å². The van der Waals surface area contributed by atoms with E-state index in [1.165, 1.54) is 3.57 Å². The van der Waals surface area contributed by atoms with Crippen LogP contribution in [0.1, 0.15) is 16.7 Å². The first-order valence-electron chi connectivity index (χ1n) is 9.46. The van der Waals surface area contributed by atoms with Crippen molar-refractivity contribution < 1.29 is 14.3 Å². The van der Waals surface area contributed by atoms with Gasteiger partial charge >= 0.3 is 6.03 Å². The normalized spacial score (nSPS) is 10.8. The summed E-state index contributed by atoms with van der Waals surface area (Å²) in [4.78, 5) is 12.1. The summed E-state index contributed by atoms with van der Waals surface area (Å²) in [5.74, 6) is 1.26. The van der Waals surface area contributed by atoms with Crippen LogP contribution in [0.2, 0.25) is 0 Å². The molecule has 32 heavy (non-hydrogen) atoms. The van der Waals surface area contributed by atoms with E-state index in [2.05, 4.69) is 77.0 Å². The summed E-state index contributed by atoms with van der Waals surface area (Å²) in [6, 6.07) is 17.0. The molecule has 0 aromatic heterocycles. The van der Waals surface area contributed by atoms with Gasteiger partial charge in [-0.3, -0.25) is 0 Å². The van der Waals surface area contributed by atoms with Gasteiger partial charge in [-0.2, -0.15) is 5.10 Å². The fourth-order valence-corrected chi connectivity index (χ4v) is 4.12. The SMILES string of the molecule is COc1cc(/C=N/NC(=O)Nc2ccc(Br)c(C)c2)cc(I)c1OCc1ccc(I)cc1. The quantitative estimate of drug-likeness (QED) is 0.162. The third kappa shape index (κ3) is 7.07. The maximum absolute atomic E-state index is 12.1. The predicted molar refractivity (Wildman–Crippen MR) is 148 cm³/mol. The summed E-state index contributed by atoms with van der Waals surface area (Å²) in [5.41, 5.74) is 6.02. The molecule has 2 N–H and O–H groups in total. The lowest BCUT2D eigenvalue weighted by atomic mass is 10.2. The molecule has 3 rings (SSSR count). The Hall–Kier alpha value is -1.86. The number of hydrogen-bond donors (Lipinski definition) is 2. The highest BCUT2D eigenvalue weighted by atomic mass is 127. The number of carbonyl (C=O) groups is 1. The van der Waals surface area contributed by atoms with Gasteiger partial charge in [0.25, 0.3) is 0 Å². The standard InChI is InChI=1S/C23H20BrI2N3O3/c1-14-9-18(7-8-19(14)24)28-23(30)29-27-12-16-10-20(26)22(21(11-16)31-2)32-13-15-3-5-17(25)6-4-15/h3-12H,13H2,1-2H3,(H2,28,29,30)/b27-12+. The molecule has 0 heterocycles. The summed E-state index contributed by atoms with van der Waals surface area (Å²) in [5, 5.41) is 6.77. The number of carbonyl (C=O) groups excluding carboxylic acids is 1. The molecule has 0 atom stereocenters. The van der Waals surface area contributed by atoms with Crippen LogP contribution >= 0.6 is 61.1 Å². The van der Waals surface area contributed by atoms with Crippen molar-refractivity contribution in [3.8, 4) is 11.5 Å². The zero-order valence-electron chi connectivity index (χ0n) is 17.3. The lowest BCUT2D eigenvalue weighted by Gasteiger charge is -2.13. The van der Waals surface area contributed by atoms with Crippen molar-refractivity contribution in [1.82, 2.24) is 5.43 Å². The van der Waals surface area contributed by atoms with Crippen LogP contribution in [0.5, 0.6) is 11.5 Å². The Bertz CT molecular complexity index is 1140. The van der Waals surface area contributed by atoms with E-state index in [4.69, 9.17) is 9.47 Å². The maximum Gasteiger partial charge on any atom is 0.339 e. The minimum absolute atomic E-state index is 0.429. The molecule has 0 bridgehead atoms. The summed E-state index contributed by atoms with van der Waals surface area (Å²) in [6.07, 6.45) is 1.56. The molecule has 6 nitrogen and oxygen atoms in total. The Morgan fingerprint density at radius 1 is 1.12 bits per heavy atom. The van der Waals surface area contributed by atoms with E-state index in [1.807, 2.05) is 61.5 Å². The molecule has 0 unspecified atom stereocenters. The highest BCUT2D eigenvalue weighted by molar-refractivity contribution is 14.1. The molecule has 3 aromatic rings. The molecule has 0 saturated heterocycles. The van der Waals surface area contributed by atoms with Crippen molar-refractivity contribution >= 4 is 79.0 Å². The minimum Gasteiger partial charge on any atom is -0.493 e. The van der Waals surface area contributed by atoms with Crippen molar-refractivity contribution in [2.24, 2.45) is 5.10 Å². The molecule has 0 fully saturated rings. The van der Waals surface area contributed by atoms with Crippen LogP contribution in [0.3, 0.4) is 0 Å². The van der Waals surface area contributed by atoms with Crippen molar-refractivity contribution in [1.29, 1.82) is 0 Å². The van der Waals surface area contributed by atoms with Crippen LogP contribution in [0, 0.1) is 14.1 Å². The van der Waals surface area contributed by atoms with E-state index in [9.17, 15) is 4.79 Å². The summed E-state index contributed by atoms with van der Waals surface area (Å²) >= 11 is 7.91. The summed E-state index contributed by atoms with van der Waals surface area (Å²) in [7, 11) is 1.59. The first kappa shape index (κ1) is 24.8. The van der Waals surface area contributed by atoms with Crippen molar-refractivity contribution in [3.63, 3.8) is 0 Å². The van der Waals surface area contributed by atoms with Gasteiger partial charge < -0.3 is 14.8 Å². The maximum atomic E-state index is 12.1. The Morgan fingerprint density at radius 3 is 2.56 bits per heavy atom. The first-order valence-corrected chi connectivity index (χ1v) is 12.4. The number of nitrogens with zero attached hydrogens (tertiary/aromatic N) is 1. The molecule has 0 saturated carbocycles. The summed E-state index contributed by atoms with van der Waals surface area (Å²) < 4.78 is 14.5. The summed E-state index contributed by atoms with van der Waals surface area (Å²) in [6.45, 7) is 2.39. The minimum atomic E-state index is -0.429. The van der Waals surface area contributed by atoms with Crippen molar-refractivity contribution in [2.75, 3.05) is 12.4 Å². The lowest BCUT2D eigenvalue weighted by molar-refractivity contribution is 0.252. The molecule has 9 heteroatoms. The van der Waals surface area contributed by atoms with Gasteiger partial charge in [0.2, 0.25) is 0 Å². The predicted octanol–water partition coefficient (Wildman–Crippen LogP) is 6.71. The zero-order valence-corrected chi connectivity index (χ0v) is 23.2. The molecule has 0 aliphatic carbocycles. The fourth-order valence-electron chi connectivity index (χ4n) is 2.74. The number of urea groups is 1. The van der Waals surface area contributed by atoms with Crippen LogP contribution in [-0.2, 0) is 6.61 Å². The Kier molecular flexibility index (Phi) is 9.17. The molecular formula is C23H20BrI2N3O3. The number of anilines is 1. The highest BCUT2D eigenvalue weighted by Crippen LogP contribution is 2.34. The lowest BCUT2D eigenvalue weighted by Crippen LogP contribution is -2.24. The Labute approximate surface area is 222 Å². The second kappa shape index (κ2) is 11.8. The number of hydrogen-bond acceptors (Lipinski definition) is 4. The number of rotatable bonds is 7. The monoisotopic (exact) mass is 719 g/mol. The van der Waals surface area contributed by atoms with Crippen LogP contribution in [0.4, 0.5) is 10.5 Å². The smallest absolute Gasteiger partial charge is 0.339 e. The third-order valence-corrected chi connectivity index (χ3v) is 6.75. The van der Waals surface area contributed by atoms with Crippen molar-refractivity contribution in [2.45, 2.75) is 13.5 Å². The topological polar surface area (TPSA) is 72.0 Å². The first-order chi connectivity index (χ1) is 15.4. The van der Waals surface area contributed by atoms with Gasteiger partial charge in [-0.05, 0) is 111 Å². The number of amides is 2. The average Bonchev–Trinajstić information content (AvgIpc) is 2.76. The molecule has 0 aliphatic heterocycles. The van der Waals surface area contributed by atoms with E-state index in [1.54, 1.807) is 13.3 Å². The molecule has 0 radical (unpaired) electrons.